The Hall–Kier alpha value is -3.20. The van der Waals surface area contributed by atoms with Crippen molar-refractivity contribution in [3.05, 3.63) is 90.0 Å². The number of ether oxygens (including phenoxy) is 3. The highest BCUT2D eigenvalue weighted by Gasteiger charge is 2.08. The third-order valence-corrected chi connectivity index (χ3v) is 3.71. The van der Waals surface area contributed by atoms with E-state index in [2.05, 4.69) is 0 Å². The molecule has 0 aliphatic carbocycles. The predicted octanol–water partition coefficient (Wildman–Crippen LogP) is 5.28. The van der Waals surface area contributed by atoms with Gasteiger partial charge in [-0.05, 0) is 11.6 Å². The second-order valence-corrected chi connectivity index (χ2v) is 5.44. The monoisotopic (exact) mass is 332 g/mol. The van der Waals surface area contributed by atoms with E-state index in [-0.39, 0.29) is 0 Å². The van der Waals surface area contributed by atoms with Crippen LogP contribution in [0.15, 0.2) is 78.9 Å². The Kier molecular flexibility index (Phi) is 5.37. The van der Waals surface area contributed by atoms with E-state index < -0.39 is 0 Å². The molecule has 0 spiro atoms. The maximum Gasteiger partial charge on any atom is 0.135 e. The maximum absolute atomic E-state index is 6.19. The first-order valence-corrected chi connectivity index (χ1v) is 8.01. The summed E-state index contributed by atoms with van der Waals surface area (Å²) in [5.41, 5.74) is 2.06. The van der Waals surface area contributed by atoms with Crippen molar-refractivity contribution in [2.75, 3.05) is 14.2 Å². The molecule has 0 radical (unpaired) electrons. The van der Waals surface area contributed by atoms with Gasteiger partial charge in [0.1, 0.15) is 23.0 Å². The van der Waals surface area contributed by atoms with E-state index in [1.807, 2.05) is 84.9 Å². The fourth-order valence-corrected chi connectivity index (χ4v) is 2.44. The Morgan fingerprint density at radius 3 is 1.76 bits per heavy atom. The number of hydrogen-bond acceptors (Lipinski definition) is 3. The Morgan fingerprint density at radius 1 is 0.680 bits per heavy atom. The van der Waals surface area contributed by atoms with Crippen LogP contribution in [0.1, 0.15) is 11.1 Å². The molecule has 3 heteroatoms. The fraction of sp³-hybridized carbons (Fsp3) is 0.0909. The van der Waals surface area contributed by atoms with Gasteiger partial charge in [-0.15, -0.1) is 0 Å². The van der Waals surface area contributed by atoms with Gasteiger partial charge < -0.3 is 14.2 Å². The molecule has 3 nitrogen and oxygen atoms in total. The number of rotatable bonds is 6. The van der Waals surface area contributed by atoms with Gasteiger partial charge in [0.2, 0.25) is 0 Å². The van der Waals surface area contributed by atoms with E-state index in [4.69, 9.17) is 14.2 Å². The number of methoxy groups -OCH3 is 2. The van der Waals surface area contributed by atoms with Gasteiger partial charge in [-0.2, -0.15) is 0 Å². The molecule has 0 aliphatic rings. The average Bonchev–Trinajstić information content (AvgIpc) is 2.68. The van der Waals surface area contributed by atoms with Gasteiger partial charge in [0, 0.05) is 23.8 Å². The van der Waals surface area contributed by atoms with Crippen LogP contribution in [0.2, 0.25) is 0 Å². The predicted molar refractivity (Wildman–Crippen MR) is 101 cm³/mol. The molecule has 3 aromatic carbocycles. The lowest BCUT2D eigenvalue weighted by Gasteiger charge is -2.13. The Labute approximate surface area is 148 Å². The molecular weight excluding hydrogens is 312 g/mol. The first-order chi connectivity index (χ1) is 12.3. The van der Waals surface area contributed by atoms with E-state index in [0.29, 0.717) is 17.2 Å². The molecule has 3 rings (SSSR count). The zero-order valence-electron chi connectivity index (χ0n) is 14.3. The average molecular weight is 332 g/mol. The minimum atomic E-state index is 0.655. The molecule has 0 fully saturated rings. The molecule has 0 heterocycles. The molecule has 0 saturated carbocycles. The topological polar surface area (TPSA) is 27.7 Å². The van der Waals surface area contributed by atoms with Crippen molar-refractivity contribution in [3.63, 3.8) is 0 Å². The molecule has 126 valence electrons. The summed E-state index contributed by atoms with van der Waals surface area (Å²) in [6.07, 6.45) is 2.02. The lowest BCUT2D eigenvalue weighted by molar-refractivity contribution is 0.388. The van der Waals surface area contributed by atoms with Crippen molar-refractivity contribution in [1.82, 2.24) is 0 Å². The molecular formula is C22H20O3. The summed E-state index contributed by atoms with van der Waals surface area (Å²) in [5, 5.41) is 0. The minimum Gasteiger partial charge on any atom is -0.496 e. The van der Waals surface area contributed by atoms with Gasteiger partial charge >= 0.3 is 0 Å². The largest absolute Gasteiger partial charge is 0.496 e. The standard InChI is InChI=1S/C22H20O3/c1-23-19-14-20(24-2)16-21(15-19)25-22(18-11-7-4-8-12-18)13-17-9-5-3-6-10-17/h3-16H,1-2H3/b22-13+. The zero-order valence-corrected chi connectivity index (χ0v) is 14.3. The highest BCUT2D eigenvalue weighted by Crippen LogP contribution is 2.31. The third kappa shape index (κ3) is 4.42. The van der Waals surface area contributed by atoms with Crippen LogP contribution in [-0.4, -0.2) is 14.2 Å². The lowest BCUT2D eigenvalue weighted by Crippen LogP contribution is -1.96. The second kappa shape index (κ2) is 8.06. The summed E-state index contributed by atoms with van der Waals surface area (Å²) in [5.74, 6) is 2.77. The van der Waals surface area contributed by atoms with Crippen molar-refractivity contribution in [2.45, 2.75) is 0 Å². The van der Waals surface area contributed by atoms with Gasteiger partial charge in [-0.25, -0.2) is 0 Å². The van der Waals surface area contributed by atoms with Crippen LogP contribution < -0.4 is 14.2 Å². The van der Waals surface area contributed by atoms with Crippen LogP contribution >= 0.6 is 0 Å². The van der Waals surface area contributed by atoms with Gasteiger partial charge in [0.15, 0.2) is 0 Å². The summed E-state index contributed by atoms with van der Waals surface area (Å²) in [4.78, 5) is 0. The Bertz CT molecular complexity index is 817. The summed E-state index contributed by atoms with van der Waals surface area (Å²) in [6.45, 7) is 0. The van der Waals surface area contributed by atoms with Gasteiger partial charge in [-0.3, -0.25) is 0 Å². The first-order valence-electron chi connectivity index (χ1n) is 8.01. The molecule has 0 bridgehead atoms. The van der Waals surface area contributed by atoms with Crippen LogP contribution in [0.25, 0.3) is 11.8 Å². The summed E-state index contributed by atoms with van der Waals surface area (Å²) in [7, 11) is 3.24. The smallest absolute Gasteiger partial charge is 0.135 e. The minimum absolute atomic E-state index is 0.655. The van der Waals surface area contributed by atoms with Crippen molar-refractivity contribution in [3.8, 4) is 17.2 Å². The van der Waals surface area contributed by atoms with Gasteiger partial charge in [0.05, 0.1) is 14.2 Å². The molecule has 0 aliphatic heterocycles. The molecule has 3 aromatic rings. The number of hydrogen-bond donors (Lipinski definition) is 0. The highest BCUT2D eigenvalue weighted by atomic mass is 16.5. The van der Waals surface area contributed by atoms with Gasteiger partial charge in [-0.1, -0.05) is 60.7 Å². The summed E-state index contributed by atoms with van der Waals surface area (Å²) < 4.78 is 16.8. The molecule has 0 atom stereocenters. The quantitative estimate of drug-likeness (QED) is 0.454. The van der Waals surface area contributed by atoms with Crippen molar-refractivity contribution in [1.29, 1.82) is 0 Å². The zero-order chi connectivity index (χ0) is 17.5. The van der Waals surface area contributed by atoms with Crippen LogP contribution in [0.5, 0.6) is 17.2 Å². The van der Waals surface area contributed by atoms with Crippen LogP contribution in [0, 0.1) is 0 Å². The maximum atomic E-state index is 6.19. The Balaban J connectivity index is 2.00. The molecule has 0 amide bonds. The Morgan fingerprint density at radius 2 is 1.20 bits per heavy atom. The van der Waals surface area contributed by atoms with Crippen LogP contribution in [0.4, 0.5) is 0 Å². The summed E-state index contributed by atoms with van der Waals surface area (Å²) >= 11 is 0. The third-order valence-electron chi connectivity index (χ3n) is 3.71. The van der Waals surface area contributed by atoms with Crippen LogP contribution in [-0.2, 0) is 0 Å². The van der Waals surface area contributed by atoms with E-state index in [9.17, 15) is 0 Å². The molecule has 0 N–H and O–H groups in total. The van der Waals surface area contributed by atoms with Gasteiger partial charge in [0.25, 0.3) is 0 Å². The lowest BCUT2D eigenvalue weighted by atomic mass is 10.1. The molecule has 0 unspecified atom stereocenters. The van der Waals surface area contributed by atoms with Crippen molar-refractivity contribution < 1.29 is 14.2 Å². The van der Waals surface area contributed by atoms with E-state index in [1.165, 1.54) is 0 Å². The fourth-order valence-electron chi connectivity index (χ4n) is 2.44. The van der Waals surface area contributed by atoms with Crippen molar-refractivity contribution in [2.24, 2.45) is 0 Å². The highest BCUT2D eigenvalue weighted by molar-refractivity contribution is 5.78. The normalized spacial score (nSPS) is 11.0. The van der Waals surface area contributed by atoms with Crippen LogP contribution in [0.3, 0.4) is 0 Å². The number of benzene rings is 3. The van der Waals surface area contributed by atoms with E-state index in [1.54, 1.807) is 14.2 Å². The second-order valence-electron chi connectivity index (χ2n) is 5.44. The molecule has 0 saturated heterocycles. The van der Waals surface area contributed by atoms with E-state index in [0.717, 1.165) is 16.9 Å². The molecule has 25 heavy (non-hydrogen) atoms. The SMILES string of the molecule is COc1cc(OC)cc(O/C(=C/c2ccccc2)c2ccccc2)c1. The van der Waals surface area contributed by atoms with Crippen molar-refractivity contribution >= 4 is 11.8 Å². The molecule has 0 aromatic heterocycles. The van der Waals surface area contributed by atoms with E-state index >= 15 is 0 Å². The summed E-state index contributed by atoms with van der Waals surface area (Å²) in [6, 6.07) is 25.6. The first kappa shape index (κ1) is 16.7.